The number of allylic oxidation sites excluding steroid dienone is 1. The summed E-state index contributed by atoms with van der Waals surface area (Å²) in [5, 5.41) is 0.939. The summed E-state index contributed by atoms with van der Waals surface area (Å²) in [7, 11) is -1.65. The third-order valence-electron chi connectivity index (χ3n) is 5.76. The van der Waals surface area contributed by atoms with Gasteiger partial charge in [-0.1, -0.05) is 30.3 Å². The fourth-order valence-electron chi connectivity index (χ4n) is 3.97. The number of hydrogen-bond donors (Lipinski definition) is 0. The molecule has 0 atom stereocenters. The van der Waals surface area contributed by atoms with Gasteiger partial charge in [-0.05, 0) is 24.1 Å². The van der Waals surface area contributed by atoms with E-state index in [1.54, 1.807) is 24.3 Å². The number of nitrogens with zero attached hydrogens (tertiary/aromatic N) is 2. The zero-order chi connectivity index (χ0) is 22.9. The topological polar surface area (TPSA) is 80.1 Å². The molecule has 8 heteroatoms. The van der Waals surface area contributed by atoms with Crippen LogP contribution in [0, 0.1) is 0 Å². The van der Waals surface area contributed by atoms with Gasteiger partial charge in [0.2, 0.25) is 15.9 Å². The lowest BCUT2D eigenvalue weighted by Gasteiger charge is -2.32. The number of hydrogen-bond acceptors (Lipinski definition) is 5. The molecule has 2 aromatic carbocycles. The summed E-state index contributed by atoms with van der Waals surface area (Å²) in [5.74, 6) is 0.475. The Morgan fingerprint density at radius 1 is 1.09 bits per heavy atom. The average Bonchev–Trinajstić information content (AvgIpc) is 3.21. The Morgan fingerprint density at radius 2 is 1.78 bits per heavy atom. The van der Waals surface area contributed by atoms with E-state index in [1.807, 2.05) is 49.4 Å². The first-order chi connectivity index (χ1) is 15.3. The van der Waals surface area contributed by atoms with Crippen LogP contribution in [0.15, 0.2) is 59.2 Å². The Bertz CT molecular complexity index is 1270. The van der Waals surface area contributed by atoms with Gasteiger partial charge in [-0.25, -0.2) is 8.42 Å². The van der Waals surface area contributed by atoms with Crippen LogP contribution in [-0.4, -0.2) is 63.1 Å². The highest BCUT2D eigenvalue weighted by molar-refractivity contribution is 7.88. The molecule has 1 aliphatic heterocycles. The highest BCUT2D eigenvalue weighted by Gasteiger charge is 2.25. The van der Waals surface area contributed by atoms with E-state index in [4.69, 9.17) is 9.15 Å². The number of sulfonamides is 1. The lowest BCUT2D eigenvalue weighted by atomic mass is 9.99. The standard InChI is InChI=1S/C24H26N2O5S/c1-17(13-24(27)25-9-11-26(12-10-25)32(3,28)29)19-14-20-21(18-7-5-4-6-8-18)16-31-23(20)15-22(19)30-2/h4-8,13-16H,9-12H2,1-3H3/b17-13+. The van der Waals surface area contributed by atoms with Gasteiger partial charge in [0, 0.05) is 54.8 Å². The van der Waals surface area contributed by atoms with E-state index in [2.05, 4.69) is 0 Å². The Labute approximate surface area is 187 Å². The fourth-order valence-corrected chi connectivity index (χ4v) is 4.79. The largest absolute Gasteiger partial charge is 0.496 e. The molecule has 0 aliphatic carbocycles. The van der Waals surface area contributed by atoms with Crippen molar-refractivity contribution in [3.8, 4) is 16.9 Å². The number of piperazine rings is 1. The van der Waals surface area contributed by atoms with Gasteiger partial charge in [0.05, 0.1) is 19.6 Å². The fraction of sp³-hybridized carbons (Fsp3) is 0.292. The molecule has 0 saturated carbocycles. The van der Waals surface area contributed by atoms with Crippen molar-refractivity contribution in [3.05, 3.63) is 60.4 Å². The Kier molecular flexibility index (Phi) is 6.08. The lowest BCUT2D eigenvalue weighted by Crippen LogP contribution is -2.49. The van der Waals surface area contributed by atoms with Crippen LogP contribution in [-0.2, 0) is 14.8 Å². The molecule has 168 valence electrons. The van der Waals surface area contributed by atoms with Gasteiger partial charge in [-0.3, -0.25) is 4.79 Å². The van der Waals surface area contributed by atoms with Crippen LogP contribution in [0.25, 0.3) is 27.7 Å². The number of amides is 1. The van der Waals surface area contributed by atoms with Crippen LogP contribution in [0.1, 0.15) is 12.5 Å². The number of carbonyl (C=O) groups excluding carboxylic acids is 1. The number of fused-ring (bicyclic) bond motifs is 1. The van der Waals surface area contributed by atoms with E-state index >= 15 is 0 Å². The molecule has 32 heavy (non-hydrogen) atoms. The summed E-state index contributed by atoms with van der Waals surface area (Å²) >= 11 is 0. The predicted molar refractivity (Wildman–Crippen MR) is 125 cm³/mol. The molecule has 0 unspecified atom stereocenters. The number of carbonyl (C=O) groups is 1. The van der Waals surface area contributed by atoms with Gasteiger partial charge in [0.15, 0.2) is 0 Å². The molecular formula is C24H26N2O5S. The van der Waals surface area contributed by atoms with Gasteiger partial charge < -0.3 is 14.1 Å². The quantitative estimate of drug-likeness (QED) is 0.550. The van der Waals surface area contributed by atoms with Crippen LogP contribution in [0.4, 0.5) is 0 Å². The average molecular weight is 455 g/mol. The summed E-state index contributed by atoms with van der Waals surface area (Å²) in [6.07, 6.45) is 4.51. The smallest absolute Gasteiger partial charge is 0.246 e. The van der Waals surface area contributed by atoms with E-state index < -0.39 is 10.0 Å². The molecule has 0 spiro atoms. The highest BCUT2D eigenvalue weighted by atomic mass is 32.2. The predicted octanol–water partition coefficient (Wildman–Crippen LogP) is 3.62. The van der Waals surface area contributed by atoms with Crippen LogP contribution in [0.2, 0.25) is 0 Å². The highest BCUT2D eigenvalue weighted by Crippen LogP contribution is 2.37. The van der Waals surface area contributed by atoms with Crippen molar-refractivity contribution in [1.82, 2.24) is 9.21 Å². The van der Waals surface area contributed by atoms with Crippen molar-refractivity contribution < 1.29 is 22.4 Å². The molecule has 0 N–H and O–H groups in total. The van der Waals surface area contributed by atoms with E-state index in [1.165, 1.54) is 10.6 Å². The monoisotopic (exact) mass is 454 g/mol. The molecule has 3 aromatic rings. The van der Waals surface area contributed by atoms with Gasteiger partial charge in [0.25, 0.3) is 0 Å². The molecule has 4 rings (SSSR count). The van der Waals surface area contributed by atoms with Gasteiger partial charge in [-0.2, -0.15) is 4.31 Å². The van der Waals surface area contributed by atoms with E-state index in [9.17, 15) is 13.2 Å². The van der Waals surface area contributed by atoms with Crippen LogP contribution >= 0.6 is 0 Å². The maximum atomic E-state index is 12.9. The second-order valence-corrected chi connectivity index (χ2v) is 9.86. The first-order valence-electron chi connectivity index (χ1n) is 10.4. The molecule has 1 fully saturated rings. The van der Waals surface area contributed by atoms with Crippen molar-refractivity contribution in [3.63, 3.8) is 0 Å². The molecule has 1 amide bonds. The third kappa shape index (κ3) is 4.42. The molecule has 1 saturated heterocycles. The summed E-state index contributed by atoms with van der Waals surface area (Å²) < 4.78 is 36.1. The van der Waals surface area contributed by atoms with Crippen LogP contribution in [0.3, 0.4) is 0 Å². The van der Waals surface area contributed by atoms with E-state index in [0.29, 0.717) is 37.5 Å². The number of rotatable bonds is 5. The van der Waals surface area contributed by atoms with Crippen molar-refractivity contribution in [2.75, 3.05) is 39.5 Å². The minimum atomic E-state index is -3.24. The van der Waals surface area contributed by atoms with Crippen molar-refractivity contribution >= 4 is 32.5 Å². The zero-order valence-electron chi connectivity index (χ0n) is 18.4. The zero-order valence-corrected chi connectivity index (χ0v) is 19.2. The molecule has 2 heterocycles. The SMILES string of the molecule is COc1cc2occ(-c3ccccc3)c2cc1/C(C)=C/C(=O)N1CCN(S(C)(=O)=O)CC1. The summed E-state index contributed by atoms with van der Waals surface area (Å²) in [4.78, 5) is 14.5. The van der Waals surface area contributed by atoms with Gasteiger partial charge in [0.1, 0.15) is 11.3 Å². The molecular weight excluding hydrogens is 428 g/mol. The Balaban J connectivity index is 1.63. The summed E-state index contributed by atoms with van der Waals surface area (Å²) in [6, 6.07) is 13.8. The Morgan fingerprint density at radius 3 is 2.41 bits per heavy atom. The second kappa shape index (κ2) is 8.80. The van der Waals surface area contributed by atoms with Gasteiger partial charge in [-0.15, -0.1) is 0 Å². The number of ether oxygens (including phenoxy) is 1. The second-order valence-electron chi connectivity index (χ2n) is 7.88. The lowest BCUT2D eigenvalue weighted by molar-refractivity contribution is -0.127. The maximum Gasteiger partial charge on any atom is 0.246 e. The molecule has 1 aliphatic rings. The third-order valence-corrected chi connectivity index (χ3v) is 7.07. The normalized spacial score (nSPS) is 15.8. The molecule has 0 radical (unpaired) electrons. The first kappa shape index (κ1) is 22.1. The van der Waals surface area contributed by atoms with Gasteiger partial charge >= 0.3 is 0 Å². The van der Waals surface area contributed by atoms with Crippen molar-refractivity contribution in [2.24, 2.45) is 0 Å². The van der Waals surface area contributed by atoms with Crippen molar-refractivity contribution in [1.29, 1.82) is 0 Å². The van der Waals surface area contributed by atoms with Crippen LogP contribution in [0.5, 0.6) is 5.75 Å². The maximum absolute atomic E-state index is 12.9. The number of benzene rings is 2. The minimum Gasteiger partial charge on any atom is -0.496 e. The first-order valence-corrected chi connectivity index (χ1v) is 12.2. The number of methoxy groups -OCH3 is 1. The van der Waals surface area contributed by atoms with E-state index in [-0.39, 0.29) is 5.91 Å². The van der Waals surface area contributed by atoms with Crippen LogP contribution < -0.4 is 4.74 Å². The van der Waals surface area contributed by atoms with E-state index in [0.717, 1.165) is 27.6 Å². The Hall–Kier alpha value is -3.10. The summed E-state index contributed by atoms with van der Waals surface area (Å²) in [6.45, 7) is 3.22. The molecule has 1 aromatic heterocycles. The summed E-state index contributed by atoms with van der Waals surface area (Å²) in [5.41, 5.74) is 4.30. The number of furan rings is 1. The van der Waals surface area contributed by atoms with Crippen molar-refractivity contribution in [2.45, 2.75) is 6.92 Å². The molecule has 0 bridgehead atoms. The minimum absolute atomic E-state index is 0.145. The molecule has 7 nitrogen and oxygen atoms in total.